The first kappa shape index (κ1) is 26.9. The second-order valence-electron chi connectivity index (χ2n) is 9.95. The molecule has 0 saturated carbocycles. The van der Waals surface area contributed by atoms with E-state index in [1.807, 2.05) is 4.57 Å². The Balaban J connectivity index is 2.06. The minimum absolute atomic E-state index is 0.0892. The van der Waals surface area contributed by atoms with E-state index in [9.17, 15) is 9.59 Å². The van der Waals surface area contributed by atoms with E-state index in [0.717, 1.165) is 6.42 Å². The third-order valence-corrected chi connectivity index (χ3v) is 5.98. The van der Waals surface area contributed by atoms with Crippen molar-refractivity contribution in [3.05, 3.63) is 39.6 Å². The largest absolute Gasteiger partial charge is 0.492 e. The number of carbonyl (C=O) groups is 1. The lowest BCUT2D eigenvalue weighted by atomic mass is 10.0. The lowest BCUT2D eigenvalue weighted by Crippen LogP contribution is -2.37. The average molecular weight is 507 g/mol. The molecule has 3 rings (SSSR count). The van der Waals surface area contributed by atoms with Gasteiger partial charge in [0.2, 0.25) is 5.43 Å². The molecule has 1 aromatic heterocycles. The van der Waals surface area contributed by atoms with E-state index >= 15 is 0 Å². The van der Waals surface area contributed by atoms with Gasteiger partial charge >= 0.3 is 6.09 Å². The topological polar surface area (TPSA) is 79.2 Å². The summed E-state index contributed by atoms with van der Waals surface area (Å²) in [5.74, 6) is 1.28. The average Bonchev–Trinajstić information content (AvgIpc) is 2.91. The molecular weight excluding hydrogens is 472 g/mol. The molecule has 2 heterocycles. The molecule has 1 amide bonds. The fraction of sp³-hybridized carbons (Fsp3) is 0.538. The highest BCUT2D eigenvalue weighted by atomic mass is 35.5. The van der Waals surface area contributed by atoms with Crippen LogP contribution in [0.5, 0.6) is 11.5 Å². The zero-order valence-corrected chi connectivity index (χ0v) is 22.3. The standard InChI is InChI=1S/C26H35ClN2O6/c1-16(2)21-15-34-23-13-24(33-10-8-9-32-7)18(27)11-17(23)19-12-22(30)20(14-29(19)21)28(6)25(31)35-26(3,4)5/h11-14,16,21H,8-10,15H2,1-7H3/t21-/m0/s1. The fourth-order valence-electron chi connectivity index (χ4n) is 3.83. The summed E-state index contributed by atoms with van der Waals surface area (Å²) in [7, 11) is 3.18. The SMILES string of the molecule is COCCCOc1cc2c(cc1Cl)-c1cc(=O)c(N(C)C(=O)OC(C)(C)C)cn1[C@H](C(C)C)CO2. The molecule has 0 fully saturated rings. The molecule has 35 heavy (non-hydrogen) atoms. The van der Waals surface area contributed by atoms with Crippen molar-refractivity contribution in [3.8, 4) is 22.8 Å². The molecule has 8 nitrogen and oxygen atoms in total. The third-order valence-electron chi connectivity index (χ3n) is 5.69. The highest BCUT2D eigenvalue weighted by molar-refractivity contribution is 6.32. The number of amides is 1. The molecule has 2 aromatic rings. The Morgan fingerprint density at radius 2 is 1.97 bits per heavy atom. The van der Waals surface area contributed by atoms with Crippen LogP contribution in [0.3, 0.4) is 0 Å². The quantitative estimate of drug-likeness (QED) is 0.458. The van der Waals surface area contributed by atoms with Crippen molar-refractivity contribution in [1.82, 2.24) is 4.57 Å². The van der Waals surface area contributed by atoms with Crippen LogP contribution in [0.4, 0.5) is 10.5 Å². The van der Waals surface area contributed by atoms with Gasteiger partial charge in [-0.2, -0.15) is 0 Å². The highest BCUT2D eigenvalue weighted by Crippen LogP contribution is 2.42. The summed E-state index contributed by atoms with van der Waals surface area (Å²) in [6, 6.07) is 4.96. The molecular formula is C26H35ClN2O6. The summed E-state index contributed by atoms with van der Waals surface area (Å²) in [5.41, 5.74) is 0.583. The monoisotopic (exact) mass is 506 g/mol. The highest BCUT2D eigenvalue weighted by Gasteiger charge is 2.29. The van der Waals surface area contributed by atoms with Crippen molar-refractivity contribution in [2.45, 2.75) is 52.7 Å². The zero-order valence-electron chi connectivity index (χ0n) is 21.5. The van der Waals surface area contributed by atoms with Crippen LogP contribution in [-0.4, -0.2) is 50.2 Å². The maximum Gasteiger partial charge on any atom is 0.414 e. The van der Waals surface area contributed by atoms with Crippen LogP contribution in [0.1, 0.15) is 47.1 Å². The Labute approximate surface area is 211 Å². The second-order valence-corrected chi connectivity index (χ2v) is 10.4. The summed E-state index contributed by atoms with van der Waals surface area (Å²) in [5, 5.41) is 0.418. The molecule has 1 aliphatic rings. The van der Waals surface area contributed by atoms with Crippen LogP contribution >= 0.6 is 11.6 Å². The van der Waals surface area contributed by atoms with E-state index in [1.54, 1.807) is 46.2 Å². The third kappa shape index (κ3) is 6.30. The maximum atomic E-state index is 13.2. The molecule has 1 aromatic carbocycles. The van der Waals surface area contributed by atoms with E-state index < -0.39 is 11.7 Å². The normalized spacial score (nSPS) is 15.1. The number of fused-ring (bicyclic) bond motifs is 3. The molecule has 9 heteroatoms. The van der Waals surface area contributed by atoms with Crippen LogP contribution in [0.2, 0.25) is 5.02 Å². The Hall–Kier alpha value is -2.71. The number of halogens is 1. The summed E-state index contributed by atoms with van der Waals surface area (Å²) >= 11 is 6.55. The van der Waals surface area contributed by atoms with Crippen LogP contribution in [0.25, 0.3) is 11.3 Å². The molecule has 0 saturated heterocycles. The Kier molecular flexibility index (Phi) is 8.38. The molecule has 1 aliphatic heterocycles. The van der Waals surface area contributed by atoms with Crippen molar-refractivity contribution in [2.75, 3.05) is 38.9 Å². The van der Waals surface area contributed by atoms with Gasteiger partial charge in [-0.25, -0.2) is 4.79 Å². The number of nitrogens with zero attached hydrogens (tertiary/aromatic N) is 2. The molecule has 0 unspecified atom stereocenters. The minimum Gasteiger partial charge on any atom is -0.492 e. The molecule has 0 spiro atoms. The molecule has 0 radical (unpaired) electrons. The molecule has 0 aliphatic carbocycles. The van der Waals surface area contributed by atoms with Gasteiger partial charge in [0.1, 0.15) is 29.4 Å². The molecule has 0 bridgehead atoms. The number of methoxy groups -OCH3 is 1. The van der Waals surface area contributed by atoms with Crippen molar-refractivity contribution >= 4 is 23.4 Å². The molecule has 192 valence electrons. The van der Waals surface area contributed by atoms with Gasteiger partial charge in [0, 0.05) is 51.1 Å². The smallest absolute Gasteiger partial charge is 0.414 e. The van der Waals surface area contributed by atoms with E-state index in [4.69, 9.17) is 30.5 Å². The van der Waals surface area contributed by atoms with E-state index in [-0.39, 0.29) is 23.1 Å². The van der Waals surface area contributed by atoms with Crippen molar-refractivity contribution in [1.29, 1.82) is 0 Å². The first-order valence-corrected chi connectivity index (χ1v) is 12.1. The van der Waals surface area contributed by atoms with Gasteiger partial charge < -0.3 is 23.5 Å². The fourth-order valence-corrected chi connectivity index (χ4v) is 4.05. The predicted molar refractivity (Wildman–Crippen MR) is 137 cm³/mol. The Morgan fingerprint density at radius 3 is 2.60 bits per heavy atom. The van der Waals surface area contributed by atoms with E-state index in [2.05, 4.69) is 13.8 Å². The lowest BCUT2D eigenvalue weighted by Gasteiger charge is -2.28. The first-order chi connectivity index (χ1) is 16.4. The number of anilines is 1. The number of hydrogen-bond acceptors (Lipinski definition) is 6. The number of hydrogen-bond donors (Lipinski definition) is 0. The number of carbonyl (C=O) groups excluding carboxylic acids is 1. The first-order valence-electron chi connectivity index (χ1n) is 11.7. The van der Waals surface area contributed by atoms with Crippen molar-refractivity contribution in [3.63, 3.8) is 0 Å². The number of rotatable bonds is 7. The van der Waals surface area contributed by atoms with Crippen LogP contribution in [0.15, 0.2) is 29.2 Å². The van der Waals surface area contributed by atoms with Crippen molar-refractivity contribution < 1.29 is 23.7 Å². The van der Waals surface area contributed by atoms with Gasteiger partial charge in [-0.15, -0.1) is 0 Å². The molecule has 1 atom stereocenters. The van der Waals surface area contributed by atoms with Gasteiger partial charge in [0.05, 0.1) is 23.4 Å². The molecule has 0 N–H and O–H groups in total. The van der Waals surface area contributed by atoms with Crippen LogP contribution in [0, 0.1) is 5.92 Å². The van der Waals surface area contributed by atoms with Gasteiger partial charge in [0.15, 0.2) is 0 Å². The Bertz CT molecular complexity index is 1120. The number of aromatic nitrogens is 1. The lowest BCUT2D eigenvalue weighted by molar-refractivity contribution is 0.0589. The van der Waals surface area contributed by atoms with E-state index in [1.165, 1.54) is 18.0 Å². The minimum atomic E-state index is -0.680. The Morgan fingerprint density at radius 1 is 1.26 bits per heavy atom. The summed E-state index contributed by atoms with van der Waals surface area (Å²) < 4.78 is 24.5. The predicted octanol–water partition coefficient (Wildman–Crippen LogP) is 5.54. The summed E-state index contributed by atoms with van der Waals surface area (Å²) in [6.07, 6.45) is 1.83. The number of benzene rings is 1. The number of pyridine rings is 1. The van der Waals surface area contributed by atoms with Crippen molar-refractivity contribution in [2.24, 2.45) is 5.92 Å². The second kappa shape index (κ2) is 10.9. The van der Waals surface area contributed by atoms with Crippen LogP contribution < -0.4 is 19.8 Å². The maximum absolute atomic E-state index is 13.2. The van der Waals surface area contributed by atoms with Gasteiger partial charge in [-0.3, -0.25) is 9.69 Å². The summed E-state index contributed by atoms with van der Waals surface area (Å²) in [6.45, 7) is 10.9. The van der Waals surface area contributed by atoms with Gasteiger partial charge in [-0.05, 0) is 32.8 Å². The summed E-state index contributed by atoms with van der Waals surface area (Å²) in [4.78, 5) is 27.1. The zero-order chi connectivity index (χ0) is 25.9. The van der Waals surface area contributed by atoms with Crippen LogP contribution in [-0.2, 0) is 9.47 Å². The van der Waals surface area contributed by atoms with E-state index in [0.29, 0.717) is 47.6 Å². The van der Waals surface area contributed by atoms with Gasteiger partial charge in [0.25, 0.3) is 0 Å². The number of ether oxygens (including phenoxy) is 4. The van der Waals surface area contributed by atoms with Gasteiger partial charge in [-0.1, -0.05) is 25.4 Å².